The summed E-state index contributed by atoms with van der Waals surface area (Å²) in [5.74, 6) is -6.62. The molecule has 462 valence electrons. The summed E-state index contributed by atoms with van der Waals surface area (Å²) in [6.45, 7) is 6.23. The molecule has 35 heteroatoms. The number of carboxylic acids is 1. The van der Waals surface area contributed by atoms with Crippen LogP contribution in [-0.2, 0) is 19.2 Å². The summed E-state index contributed by atoms with van der Waals surface area (Å²) < 4.78 is 0. The molecule has 0 radical (unpaired) electrons. The molecule has 3 aliphatic rings. The first-order valence-electron chi connectivity index (χ1n) is 25.8. The van der Waals surface area contributed by atoms with Gasteiger partial charge in [0.25, 0.3) is 40.8 Å². The first-order valence-corrected chi connectivity index (χ1v) is 30.8. The van der Waals surface area contributed by atoms with Crippen molar-refractivity contribution in [2.45, 2.75) is 45.8 Å². The molecule has 3 aromatic carbocycles. The van der Waals surface area contributed by atoms with Crippen LogP contribution in [0.4, 0.5) is 32.5 Å². The van der Waals surface area contributed by atoms with Crippen molar-refractivity contribution in [3.05, 3.63) is 236 Å². The number of aliphatic hydroxyl groups excluding tert-OH is 3. The van der Waals surface area contributed by atoms with Crippen LogP contribution in [-0.4, -0.2) is 107 Å². The van der Waals surface area contributed by atoms with Gasteiger partial charge in [0.2, 0.25) is 32.7 Å². The van der Waals surface area contributed by atoms with Crippen molar-refractivity contribution >= 4 is 142 Å². The van der Waals surface area contributed by atoms with E-state index in [0.29, 0.717) is 46.3 Å². The molecule has 0 saturated heterocycles. The Morgan fingerprint density at radius 2 is 0.659 bits per heavy atom. The highest BCUT2D eigenvalue weighted by atomic mass is 32.1. The molecule has 0 aliphatic carbocycles. The molecule has 4 N–H and O–H groups in total. The number of aromatic nitrogens is 6. The quantitative estimate of drug-likeness (QED) is 0.0421. The second kappa shape index (κ2) is 27.3. The molecule has 0 saturated carbocycles. The molecular formula is C56H40N12O17S6. The van der Waals surface area contributed by atoms with E-state index < -0.39 is 91.2 Å². The standard InChI is InChI=1S/3C18H12N4O5S2.C2H4O2/c3*1-9-19-20-18(29-9)21-14(10-4-6-11(7-5-10)22(26)27)13(16(24)17(21)25)15(23)12-3-2-8-28-12;1-2(3)4/h3*2-8,14,24H,1H3;1H3,(H,3,4). The van der Waals surface area contributed by atoms with Gasteiger partial charge in [0.15, 0.2) is 17.3 Å². The predicted octanol–water partition coefficient (Wildman–Crippen LogP) is 10.9. The van der Waals surface area contributed by atoms with Gasteiger partial charge in [-0.25, -0.2) is 0 Å². The number of nitro benzene ring substituents is 3. The van der Waals surface area contributed by atoms with Gasteiger partial charge in [0, 0.05) is 43.3 Å². The monoisotopic (exact) mass is 1340 g/mol. The van der Waals surface area contributed by atoms with E-state index in [9.17, 15) is 74.4 Å². The Bertz CT molecular complexity index is 4000. The lowest BCUT2D eigenvalue weighted by Crippen LogP contribution is -2.31. The van der Waals surface area contributed by atoms with E-state index in [2.05, 4.69) is 30.6 Å². The Labute approximate surface area is 534 Å². The lowest BCUT2D eigenvalue weighted by atomic mass is 9.95. The molecular weight excluding hydrogens is 1310 g/mol. The second-order valence-electron chi connectivity index (χ2n) is 18.8. The number of hydrogen-bond donors (Lipinski definition) is 4. The molecule has 3 aliphatic heterocycles. The van der Waals surface area contributed by atoms with E-state index in [4.69, 9.17) is 9.90 Å². The van der Waals surface area contributed by atoms with Crippen LogP contribution in [0.25, 0.3) is 0 Å². The minimum atomic E-state index is -0.981. The number of carbonyl (C=O) groups is 7. The Balaban J connectivity index is 0.000000157. The number of benzene rings is 3. The number of carboxylic acid groups (broad SMARTS) is 1. The third kappa shape index (κ3) is 13.5. The molecule has 91 heavy (non-hydrogen) atoms. The number of aliphatic carboxylic acids is 1. The van der Waals surface area contributed by atoms with E-state index in [-0.39, 0.29) is 49.2 Å². The van der Waals surface area contributed by atoms with Crippen LogP contribution in [0, 0.1) is 51.1 Å². The van der Waals surface area contributed by atoms with Crippen LogP contribution in [0.3, 0.4) is 0 Å². The largest absolute Gasteiger partial charge is 0.503 e. The van der Waals surface area contributed by atoms with Crippen molar-refractivity contribution in [1.29, 1.82) is 0 Å². The minimum Gasteiger partial charge on any atom is -0.503 e. The molecule has 3 unspecified atom stereocenters. The number of carbonyl (C=O) groups excluding carboxylic acids is 6. The van der Waals surface area contributed by atoms with Crippen LogP contribution >= 0.6 is 68.0 Å². The van der Waals surface area contributed by atoms with Crippen LogP contribution in [0.1, 0.15) is 85.8 Å². The van der Waals surface area contributed by atoms with Crippen LogP contribution in [0.2, 0.25) is 0 Å². The van der Waals surface area contributed by atoms with Crippen LogP contribution in [0.15, 0.2) is 159 Å². The lowest BCUT2D eigenvalue weighted by molar-refractivity contribution is -0.385. The Morgan fingerprint density at radius 3 is 0.835 bits per heavy atom. The summed E-state index contributed by atoms with van der Waals surface area (Å²) in [6.07, 6.45) is 0. The molecule has 0 spiro atoms. The van der Waals surface area contributed by atoms with Gasteiger partial charge in [-0.05, 0) is 108 Å². The zero-order chi connectivity index (χ0) is 65.7. The zero-order valence-corrected chi connectivity index (χ0v) is 51.7. The van der Waals surface area contributed by atoms with E-state index in [0.717, 1.165) is 40.9 Å². The van der Waals surface area contributed by atoms with Crippen molar-refractivity contribution in [3.63, 3.8) is 0 Å². The van der Waals surface area contributed by atoms with Crippen LogP contribution in [0.5, 0.6) is 0 Å². The van der Waals surface area contributed by atoms with Crippen molar-refractivity contribution < 1.29 is 68.8 Å². The number of anilines is 3. The number of nitro groups is 3. The fraction of sp³-hybridized carbons (Fsp3) is 0.125. The maximum absolute atomic E-state index is 13.1. The molecule has 0 fully saturated rings. The molecule has 3 atom stereocenters. The van der Waals surface area contributed by atoms with E-state index >= 15 is 0 Å². The zero-order valence-electron chi connectivity index (χ0n) is 46.8. The molecule has 0 bridgehead atoms. The average Bonchev–Trinajstić information content (AvgIpc) is 1.63. The Kier molecular flexibility index (Phi) is 19.4. The van der Waals surface area contributed by atoms with Gasteiger partial charge < -0.3 is 20.4 Å². The topological polar surface area (TPSA) is 417 Å². The Morgan fingerprint density at radius 1 is 0.429 bits per heavy atom. The third-order valence-corrected chi connectivity index (χ3v) is 18.1. The molecule has 9 aromatic rings. The smallest absolute Gasteiger partial charge is 0.300 e. The number of hydrogen-bond acceptors (Lipinski definition) is 28. The average molecular weight is 1350 g/mol. The molecule has 6 aromatic heterocycles. The number of ketones is 3. The van der Waals surface area contributed by atoms with Gasteiger partial charge >= 0.3 is 0 Å². The molecule has 12 rings (SSSR count). The molecule has 3 amide bonds. The summed E-state index contributed by atoms with van der Waals surface area (Å²) in [7, 11) is 0. The maximum atomic E-state index is 13.1. The fourth-order valence-electron chi connectivity index (χ4n) is 9.16. The van der Waals surface area contributed by atoms with Gasteiger partial charge in [0.05, 0.1) is 64.2 Å². The number of amides is 3. The van der Waals surface area contributed by atoms with Gasteiger partial charge in [-0.2, -0.15) is 0 Å². The SMILES string of the molecule is CC(=O)O.Cc1nnc(N2C(=O)C(O)=C(C(=O)c3cccs3)C2c2ccc([N+](=O)[O-])cc2)s1.Cc1nnc(N2C(=O)C(O)=C(C(=O)c3cccs3)C2c2ccc([N+](=O)[O-])cc2)s1.Cc1nnc(N2C(=O)C(O)=C(C(=O)c3cccs3)C2c2ccc([N+](=O)[O-])cc2)s1. The number of non-ortho nitro benzene ring substituents is 3. The van der Waals surface area contributed by atoms with Crippen molar-refractivity contribution in [3.8, 4) is 0 Å². The third-order valence-electron chi connectivity index (χ3n) is 13.0. The lowest BCUT2D eigenvalue weighted by Gasteiger charge is -2.23. The molecule has 29 nitrogen and oxygen atoms in total. The van der Waals surface area contributed by atoms with Gasteiger partial charge in [0.1, 0.15) is 15.0 Å². The summed E-state index contributed by atoms with van der Waals surface area (Å²) in [4.78, 5) is 123. The predicted molar refractivity (Wildman–Crippen MR) is 332 cm³/mol. The highest BCUT2D eigenvalue weighted by Crippen LogP contribution is 2.47. The number of aliphatic hydroxyl groups is 3. The second-order valence-corrected chi connectivity index (χ2v) is 25.1. The first-order chi connectivity index (χ1) is 43.4. The number of rotatable bonds is 15. The summed E-state index contributed by atoms with van der Waals surface area (Å²) in [5.41, 5.74) is 0.613. The summed E-state index contributed by atoms with van der Waals surface area (Å²) in [6, 6.07) is 23.4. The number of Topliss-reactive ketones (excluding diaryl/α,β-unsaturated/α-hetero) is 3. The summed E-state index contributed by atoms with van der Waals surface area (Å²) in [5, 5.41) is 103. The van der Waals surface area contributed by atoms with Crippen molar-refractivity contribution in [1.82, 2.24) is 30.6 Å². The minimum absolute atomic E-state index is 0.0980. The highest BCUT2D eigenvalue weighted by Gasteiger charge is 2.49. The van der Waals surface area contributed by atoms with Gasteiger partial charge in [-0.1, -0.05) is 52.2 Å². The normalized spacial score (nSPS) is 16.1. The van der Waals surface area contributed by atoms with Crippen molar-refractivity contribution in [2.75, 3.05) is 14.7 Å². The number of aryl methyl sites for hydroxylation is 3. The first kappa shape index (κ1) is 64.6. The van der Waals surface area contributed by atoms with Gasteiger partial charge in [-0.3, -0.25) is 78.6 Å². The van der Waals surface area contributed by atoms with E-state index in [1.807, 2.05) is 0 Å². The highest BCUT2D eigenvalue weighted by molar-refractivity contribution is 7.16. The summed E-state index contributed by atoms with van der Waals surface area (Å²) >= 11 is 6.97. The van der Waals surface area contributed by atoms with Crippen LogP contribution < -0.4 is 14.7 Å². The van der Waals surface area contributed by atoms with E-state index in [1.165, 1.54) is 122 Å². The maximum Gasteiger partial charge on any atom is 0.300 e. The van der Waals surface area contributed by atoms with Crippen molar-refractivity contribution in [2.24, 2.45) is 0 Å². The fourth-order valence-corrected chi connectivity index (χ4v) is 13.3. The number of thiophene rings is 3. The van der Waals surface area contributed by atoms with E-state index in [1.54, 1.807) is 73.3 Å². The Hall–Kier alpha value is -10.9. The van der Waals surface area contributed by atoms with Gasteiger partial charge in [-0.15, -0.1) is 64.6 Å². The number of nitrogens with zero attached hydrogens (tertiary/aromatic N) is 12. The molecule has 9 heterocycles.